The Morgan fingerprint density at radius 2 is 1.96 bits per heavy atom. The van der Waals surface area contributed by atoms with Crippen LogP contribution in [-0.4, -0.2) is 33.8 Å². The van der Waals surface area contributed by atoms with Crippen molar-refractivity contribution in [3.8, 4) is 0 Å². The minimum atomic E-state index is -0.950. The number of rotatable bonds is 7. The molecule has 1 amide bonds. The van der Waals surface area contributed by atoms with E-state index in [0.29, 0.717) is 18.7 Å². The number of anilines is 1. The molecule has 0 aliphatic heterocycles. The molecule has 0 spiro atoms. The second kappa shape index (κ2) is 8.31. The zero-order chi connectivity index (χ0) is 17.0. The number of nitrogens with zero attached hydrogens (tertiary/aromatic N) is 2. The highest BCUT2D eigenvalue weighted by Crippen LogP contribution is 2.20. The first-order valence-electron chi connectivity index (χ1n) is 7.47. The first kappa shape index (κ1) is 21.4. The van der Waals surface area contributed by atoms with E-state index >= 15 is 0 Å². The minimum absolute atomic E-state index is 0. The molecule has 7 nitrogen and oxygen atoms in total. The Balaban J connectivity index is 0.00000484. The Hall–Kier alpha value is -1.60. The van der Waals surface area contributed by atoms with Crippen LogP contribution in [0.2, 0.25) is 0 Å². The smallest absolute Gasteiger partial charge is 0.333 e. The molecule has 0 aliphatic carbocycles. The lowest BCUT2D eigenvalue weighted by molar-refractivity contribution is -0.152. The van der Waals surface area contributed by atoms with Crippen LogP contribution in [-0.2, 0) is 19.9 Å². The van der Waals surface area contributed by atoms with E-state index in [1.807, 2.05) is 6.92 Å². The Morgan fingerprint density at radius 1 is 1.35 bits per heavy atom. The number of hydrogen-bond acceptors (Lipinski definition) is 5. The molecule has 132 valence electrons. The van der Waals surface area contributed by atoms with Gasteiger partial charge in [0, 0.05) is 6.20 Å². The van der Waals surface area contributed by atoms with Crippen molar-refractivity contribution in [1.82, 2.24) is 9.78 Å². The van der Waals surface area contributed by atoms with Gasteiger partial charge in [-0.3, -0.25) is 9.48 Å². The number of ether oxygens (including phenoxy) is 1. The molecule has 1 aromatic rings. The molecular formula is C15H27ClN4O3. The molecule has 1 atom stereocenters. The van der Waals surface area contributed by atoms with Crippen molar-refractivity contribution < 1.29 is 14.3 Å². The molecule has 1 unspecified atom stereocenters. The van der Waals surface area contributed by atoms with E-state index in [4.69, 9.17) is 10.5 Å². The van der Waals surface area contributed by atoms with Gasteiger partial charge in [-0.2, -0.15) is 5.10 Å². The van der Waals surface area contributed by atoms with E-state index in [9.17, 15) is 9.59 Å². The third-order valence-electron chi connectivity index (χ3n) is 3.48. The Kier molecular flexibility index (Phi) is 7.73. The third-order valence-corrected chi connectivity index (χ3v) is 3.48. The summed E-state index contributed by atoms with van der Waals surface area (Å²) >= 11 is 0. The Morgan fingerprint density at radius 3 is 2.48 bits per heavy atom. The largest absolute Gasteiger partial charge is 0.464 e. The van der Waals surface area contributed by atoms with Gasteiger partial charge in [0.05, 0.1) is 24.0 Å². The maximum Gasteiger partial charge on any atom is 0.333 e. The number of nitrogens with two attached hydrogens (primary N) is 1. The van der Waals surface area contributed by atoms with Crippen LogP contribution in [0.15, 0.2) is 12.4 Å². The van der Waals surface area contributed by atoms with E-state index < -0.39 is 11.1 Å². The van der Waals surface area contributed by atoms with Gasteiger partial charge in [0.25, 0.3) is 0 Å². The van der Waals surface area contributed by atoms with E-state index in [-0.39, 0.29) is 24.3 Å². The van der Waals surface area contributed by atoms with Crippen molar-refractivity contribution in [1.29, 1.82) is 0 Å². The van der Waals surface area contributed by atoms with Crippen LogP contribution in [0.25, 0.3) is 0 Å². The van der Waals surface area contributed by atoms with Gasteiger partial charge < -0.3 is 15.8 Å². The van der Waals surface area contributed by atoms with Gasteiger partial charge in [0.15, 0.2) is 5.54 Å². The average Bonchev–Trinajstić information content (AvgIpc) is 2.88. The minimum Gasteiger partial charge on any atom is -0.464 e. The lowest BCUT2D eigenvalue weighted by atomic mass is 9.96. The first-order valence-corrected chi connectivity index (χ1v) is 7.47. The summed E-state index contributed by atoms with van der Waals surface area (Å²) in [5.74, 6) is -0.659. The summed E-state index contributed by atoms with van der Waals surface area (Å²) in [5, 5.41) is 6.86. The molecule has 0 aliphatic rings. The summed E-state index contributed by atoms with van der Waals surface area (Å²) in [6.45, 7) is 9.12. The molecule has 0 bridgehead atoms. The second-order valence-corrected chi connectivity index (χ2v) is 6.07. The van der Waals surface area contributed by atoms with Gasteiger partial charge in [0.2, 0.25) is 5.91 Å². The summed E-state index contributed by atoms with van der Waals surface area (Å²) in [5.41, 5.74) is 4.59. The number of carbonyl (C=O) groups excluding carboxylic acids is 2. The van der Waals surface area contributed by atoms with Gasteiger partial charge >= 0.3 is 5.97 Å². The molecule has 0 saturated heterocycles. The van der Waals surface area contributed by atoms with Crippen LogP contribution in [0.3, 0.4) is 0 Å². The molecule has 0 saturated carbocycles. The van der Waals surface area contributed by atoms with E-state index in [1.54, 1.807) is 33.9 Å². The molecule has 8 heteroatoms. The normalized spacial score (nSPS) is 13.7. The average molecular weight is 347 g/mol. The number of esters is 1. The summed E-state index contributed by atoms with van der Waals surface area (Å²) in [6, 6.07) is 0. The predicted octanol–water partition coefficient (Wildman–Crippen LogP) is 2.06. The van der Waals surface area contributed by atoms with Crippen LogP contribution >= 0.6 is 12.4 Å². The highest BCUT2D eigenvalue weighted by molar-refractivity contribution is 5.97. The van der Waals surface area contributed by atoms with Gasteiger partial charge in [-0.1, -0.05) is 13.3 Å². The van der Waals surface area contributed by atoms with Crippen molar-refractivity contribution in [2.24, 2.45) is 5.73 Å². The summed E-state index contributed by atoms with van der Waals surface area (Å²) < 4.78 is 6.50. The molecule has 0 aromatic carbocycles. The maximum absolute atomic E-state index is 12.2. The second-order valence-electron chi connectivity index (χ2n) is 6.07. The zero-order valence-corrected chi connectivity index (χ0v) is 15.2. The van der Waals surface area contributed by atoms with Crippen molar-refractivity contribution in [2.75, 3.05) is 11.9 Å². The highest BCUT2D eigenvalue weighted by atomic mass is 35.5. The first-order chi connectivity index (χ1) is 10.1. The van der Waals surface area contributed by atoms with Gasteiger partial charge in [-0.15, -0.1) is 12.4 Å². The lowest BCUT2D eigenvalue weighted by Crippen LogP contribution is -2.48. The number of hydrogen-bond donors (Lipinski definition) is 2. The molecule has 3 N–H and O–H groups in total. The molecular weight excluding hydrogens is 320 g/mol. The quantitative estimate of drug-likeness (QED) is 0.736. The summed E-state index contributed by atoms with van der Waals surface area (Å²) in [6.07, 6.45) is 4.48. The zero-order valence-electron chi connectivity index (χ0n) is 14.4. The van der Waals surface area contributed by atoms with Gasteiger partial charge in [0.1, 0.15) is 0 Å². The topological polar surface area (TPSA) is 99.2 Å². The molecule has 1 heterocycles. The molecule has 0 fully saturated rings. The monoisotopic (exact) mass is 346 g/mol. The third kappa shape index (κ3) is 5.21. The van der Waals surface area contributed by atoms with Gasteiger partial charge in [-0.05, 0) is 34.1 Å². The molecule has 23 heavy (non-hydrogen) atoms. The Labute approximate surface area is 143 Å². The summed E-state index contributed by atoms with van der Waals surface area (Å²) in [4.78, 5) is 24.1. The van der Waals surface area contributed by atoms with Crippen LogP contribution in [0, 0.1) is 0 Å². The fraction of sp³-hybridized carbons (Fsp3) is 0.667. The number of nitrogens with one attached hydrogen (secondary N) is 1. The fourth-order valence-electron chi connectivity index (χ4n) is 2.00. The maximum atomic E-state index is 12.2. The Bertz CT molecular complexity index is 541. The van der Waals surface area contributed by atoms with Crippen molar-refractivity contribution >= 4 is 30.0 Å². The molecule has 1 aromatic heterocycles. The van der Waals surface area contributed by atoms with Crippen LogP contribution < -0.4 is 11.1 Å². The lowest BCUT2D eigenvalue weighted by Gasteiger charge is -2.23. The van der Waals surface area contributed by atoms with Crippen molar-refractivity contribution in [3.05, 3.63) is 12.4 Å². The number of aromatic nitrogens is 2. The number of halogens is 1. The van der Waals surface area contributed by atoms with E-state index in [2.05, 4.69) is 10.4 Å². The van der Waals surface area contributed by atoms with Crippen LogP contribution in [0.1, 0.15) is 47.5 Å². The van der Waals surface area contributed by atoms with Gasteiger partial charge in [-0.25, -0.2) is 4.79 Å². The van der Waals surface area contributed by atoms with E-state index in [0.717, 1.165) is 6.42 Å². The van der Waals surface area contributed by atoms with Crippen LogP contribution in [0.4, 0.5) is 5.69 Å². The van der Waals surface area contributed by atoms with E-state index in [1.165, 1.54) is 10.9 Å². The molecule has 1 rings (SSSR count). The number of amides is 1. The highest BCUT2D eigenvalue weighted by Gasteiger charge is 2.33. The number of carbonyl (C=O) groups is 2. The van der Waals surface area contributed by atoms with Crippen molar-refractivity contribution in [3.63, 3.8) is 0 Å². The van der Waals surface area contributed by atoms with Crippen LogP contribution in [0.5, 0.6) is 0 Å². The standard InChI is InChI=1S/C15H26N4O3.ClH/c1-6-8-15(5,16)12(20)18-11-9-17-19(10-11)14(3,4)13(21)22-7-2;/h9-10H,6-8,16H2,1-5H3,(H,18,20);1H. The van der Waals surface area contributed by atoms with Crippen molar-refractivity contribution in [2.45, 2.75) is 58.5 Å². The molecule has 0 radical (unpaired) electrons. The fourth-order valence-corrected chi connectivity index (χ4v) is 2.00. The summed E-state index contributed by atoms with van der Waals surface area (Å²) in [7, 11) is 0. The predicted molar refractivity (Wildman–Crippen MR) is 91.6 cm³/mol. The SMILES string of the molecule is CCCC(C)(N)C(=O)Nc1cnn(C(C)(C)C(=O)OCC)c1.Cl.